The van der Waals surface area contributed by atoms with Gasteiger partial charge in [-0.3, -0.25) is 4.79 Å². The Labute approximate surface area is 172 Å². The Morgan fingerprint density at radius 3 is 2.46 bits per heavy atom. The quantitative estimate of drug-likeness (QED) is 0.242. The molecule has 1 amide bonds. The number of benzene rings is 2. The van der Waals surface area contributed by atoms with Crippen molar-refractivity contribution in [3.8, 4) is 0 Å². The Morgan fingerprint density at radius 1 is 1.04 bits per heavy atom. The number of nitrogens with zero attached hydrogens (tertiary/aromatic N) is 1. The van der Waals surface area contributed by atoms with E-state index < -0.39 is 5.91 Å². The molecule has 0 aliphatic heterocycles. The molecule has 0 atom stereocenters. The second-order valence-corrected chi connectivity index (χ2v) is 5.78. The van der Waals surface area contributed by atoms with Crippen molar-refractivity contribution in [1.29, 1.82) is 0 Å². The van der Waals surface area contributed by atoms with E-state index in [-0.39, 0.29) is 24.0 Å². The fourth-order valence-electron chi connectivity index (χ4n) is 2.48. The number of carbonyl (C=O) groups excluding carboxylic acids is 1. The van der Waals surface area contributed by atoms with E-state index in [0.29, 0.717) is 12.1 Å². The molecule has 6 heteroatoms. The van der Waals surface area contributed by atoms with E-state index in [1.807, 2.05) is 25.1 Å². The fourth-order valence-corrected chi connectivity index (χ4v) is 2.48. The molecule has 4 N–H and O–H groups in total. The topological polar surface area (TPSA) is 79.5 Å². The lowest BCUT2D eigenvalue weighted by atomic mass is 10.1. The van der Waals surface area contributed by atoms with Crippen LogP contribution in [0.15, 0.2) is 59.6 Å². The molecule has 0 fully saturated rings. The number of aryl methyl sites for hydroxylation is 1. The lowest BCUT2D eigenvalue weighted by Gasteiger charge is -2.11. The number of guanidine groups is 1. The van der Waals surface area contributed by atoms with Gasteiger partial charge in [-0.15, -0.1) is 24.0 Å². The SMILES string of the molecule is CCNC(=NCc1cccc(C(N)=O)c1)NCCCc1ccccc1.I. The maximum atomic E-state index is 11.2. The predicted molar refractivity (Wildman–Crippen MR) is 118 cm³/mol. The molecule has 26 heavy (non-hydrogen) atoms. The smallest absolute Gasteiger partial charge is 0.248 e. The number of nitrogens with two attached hydrogens (primary N) is 1. The molecule has 0 aromatic heterocycles. The molecule has 0 saturated carbocycles. The molecule has 2 aromatic carbocycles. The van der Waals surface area contributed by atoms with Gasteiger partial charge in [0.05, 0.1) is 6.54 Å². The first kappa shape index (κ1) is 22.0. The second kappa shape index (κ2) is 12.3. The van der Waals surface area contributed by atoms with Crippen molar-refractivity contribution < 1.29 is 4.79 Å². The summed E-state index contributed by atoms with van der Waals surface area (Å²) < 4.78 is 0. The summed E-state index contributed by atoms with van der Waals surface area (Å²) in [6.07, 6.45) is 2.07. The fraction of sp³-hybridized carbons (Fsp3) is 0.300. The zero-order valence-corrected chi connectivity index (χ0v) is 17.4. The zero-order valence-electron chi connectivity index (χ0n) is 15.1. The van der Waals surface area contributed by atoms with Crippen molar-refractivity contribution in [3.63, 3.8) is 0 Å². The molecular formula is C20H27IN4O. The standard InChI is InChI=1S/C20H26N4O.HI/c1-2-22-20(23-13-7-11-16-8-4-3-5-9-16)24-15-17-10-6-12-18(14-17)19(21)25;/h3-6,8-10,12,14H,2,7,11,13,15H2,1H3,(H2,21,25)(H2,22,23,24);1H. The first-order valence-corrected chi connectivity index (χ1v) is 8.64. The molecule has 0 heterocycles. The van der Waals surface area contributed by atoms with E-state index in [0.717, 1.165) is 37.5 Å². The lowest BCUT2D eigenvalue weighted by molar-refractivity contribution is 0.1000. The summed E-state index contributed by atoms with van der Waals surface area (Å²) >= 11 is 0. The summed E-state index contributed by atoms with van der Waals surface area (Å²) in [5.74, 6) is 0.358. The van der Waals surface area contributed by atoms with Crippen LogP contribution in [0.1, 0.15) is 34.8 Å². The van der Waals surface area contributed by atoms with Gasteiger partial charge in [0.15, 0.2) is 5.96 Å². The van der Waals surface area contributed by atoms with Crippen molar-refractivity contribution in [1.82, 2.24) is 10.6 Å². The minimum absolute atomic E-state index is 0. The van der Waals surface area contributed by atoms with Crippen molar-refractivity contribution in [2.75, 3.05) is 13.1 Å². The van der Waals surface area contributed by atoms with Gasteiger partial charge in [0.25, 0.3) is 0 Å². The third-order valence-electron chi connectivity index (χ3n) is 3.75. The van der Waals surface area contributed by atoms with Gasteiger partial charge in [0.2, 0.25) is 5.91 Å². The molecule has 2 rings (SSSR count). The van der Waals surface area contributed by atoms with Crippen LogP contribution in [0.5, 0.6) is 0 Å². The summed E-state index contributed by atoms with van der Waals surface area (Å²) in [7, 11) is 0. The Kier molecular flexibility index (Phi) is 10.4. The first-order valence-electron chi connectivity index (χ1n) is 8.64. The zero-order chi connectivity index (χ0) is 17.9. The van der Waals surface area contributed by atoms with Gasteiger partial charge in [0, 0.05) is 18.7 Å². The minimum atomic E-state index is -0.420. The van der Waals surface area contributed by atoms with E-state index in [4.69, 9.17) is 5.73 Å². The molecule has 5 nitrogen and oxygen atoms in total. The van der Waals surface area contributed by atoms with Gasteiger partial charge in [-0.25, -0.2) is 4.99 Å². The van der Waals surface area contributed by atoms with Gasteiger partial charge < -0.3 is 16.4 Å². The number of hydrogen-bond acceptors (Lipinski definition) is 2. The number of aliphatic imine (C=N–C) groups is 1. The number of hydrogen-bond donors (Lipinski definition) is 3. The van der Waals surface area contributed by atoms with Crippen LogP contribution in [-0.2, 0) is 13.0 Å². The minimum Gasteiger partial charge on any atom is -0.366 e. The van der Waals surface area contributed by atoms with Gasteiger partial charge >= 0.3 is 0 Å². The summed E-state index contributed by atoms with van der Waals surface area (Å²) in [6.45, 7) is 4.18. The van der Waals surface area contributed by atoms with Crippen molar-refractivity contribution in [2.24, 2.45) is 10.7 Å². The largest absolute Gasteiger partial charge is 0.366 e. The molecule has 0 saturated heterocycles. The molecule has 0 bridgehead atoms. The molecule has 0 radical (unpaired) electrons. The molecule has 140 valence electrons. The second-order valence-electron chi connectivity index (χ2n) is 5.78. The van der Waals surface area contributed by atoms with Gasteiger partial charge in [-0.1, -0.05) is 42.5 Å². The molecule has 2 aromatic rings. The third kappa shape index (κ3) is 7.86. The Balaban J connectivity index is 0.00000338. The highest BCUT2D eigenvalue weighted by atomic mass is 127. The highest BCUT2D eigenvalue weighted by Crippen LogP contribution is 2.06. The van der Waals surface area contributed by atoms with E-state index in [2.05, 4.69) is 39.9 Å². The van der Waals surface area contributed by atoms with Crippen LogP contribution in [0, 0.1) is 0 Å². The van der Waals surface area contributed by atoms with Crippen LogP contribution in [0.25, 0.3) is 0 Å². The Hall–Kier alpha value is -2.09. The highest BCUT2D eigenvalue weighted by molar-refractivity contribution is 14.0. The van der Waals surface area contributed by atoms with Gasteiger partial charge in [0.1, 0.15) is 0 Å². The van der Waals surface area contributed by atoms with Crippen LogP contribution < -0.4 is 16.4 Å². The predicted octanol–water partition coefficient (Wildman–Crippen LogP) is 3.09. The Morgan fingerprint density at radius 2 is 1.77 bits per heavy atom. The number of rotatable bonds is 8. The number of carbonyl (C=O) groups is 1. The van der Waals surface area contributed by atoms with E-state index >= 15 is 0 Å². The number of halogens is 1. The lowest BCUT2D eigenvalue weighted by Crippen LogP contribution is -2.37. The van der Waals surface area contributed by atoms with Crippen molar-refractivity contribution in [3.05, 3.63) is 71.3 Å². The number of amides is 1. The van der Waals surface area contributed by atoms with Crippen LogP contribution in [-0.4, -0.2) is 25.0 Å². The maximum absolute atomic E-state index is 11.2. The highest BCUT2D eigenvalue weighted by Gasteiger charge is 2.02. The number of nitrogens with one attached hydrogen (secondary N) is 2. The maximum Gasteiger partial charge on any atom is 0.248 e. The van der Waals surface area contributed by atoms with E-state index in [9.17, 15) is 4.79 Å². The van der Waals surface area contributed by atoms with Crippen LogP contribution in [0.4, 0.5) is 0 Å². The van der Waals surface area contributed by atoms with Crippen LogP contribution in [0.3, 0.4) is 0 Å². The van der Waals surface area contributed by atoms with Crippen LogP contribution >= 0.6 is 24.0 Å². The third-order valence-corrected chi connectivity index (χ3v) is 3.75. The summed E-state index contributed by atoms with van der Waals surface area (Å²) in [5, 5.41) is 6.58. The van der Waals surface area contributed by atoms with E-state index in [1.165, 1.54) is 5.56 Å². The summed E-state index contributed by atoms with van der Waals surface area (Å²) in [5.41, 5.74) is 8.12. The van der Waals surface area contributed by atoms with Gasteiger partial charge in [-0.05, 0) is 43.0 Å². The van der Waals surface area contributed by atoms with Crippen LogP contribution in [0.2, 0.25) is 0 Å². The average molecular weight is 466 g/mol. The Bertz CT molecular complexity index is 704. The normalized spacial score (nSPS) is 10.7. The van der Waals surface area contributed by atoms with Crippen molar-refractivity contribution in [2.45, 2.75) is 26.3 Å². The summed E-state index contributed by atoms with van der Waals surface area (Å²) in [4.78, 5) is 15.8. The molecule has 0 aliphatic carbocycles. The monoisotopic (exact) mass is 466 g/mol. The van der Waals surface area contributed by atoms with Gasteiger partial charge in [-0.2, -0.15) is 0 Å². The van der Waals surface area contributed by atoms with E-state index in [1.54, 1.807) is 12.1 Å². The average Bonchev–Trinajstić information content (AvgIpc) is 2.64. The first-order chi connectivity index (χ1) is 12.2. The molecule has 0 unspecified atom stereocenters. The molecule has 0 aliphatic rings. The number of primary amides is 1. The van der Waals surface area contributed by atoms with Crippen molar-refractivity contribution >= 4 is 35.8 Å². The summed E-state index contributed by atoms with van der Waals surface area (Å²) in [6, 6.07) is 17.7. The molecular weight excluding hydrogens is 439 g/mol. The molecule has 0 spiro atoms.